The van der Waals surface area contributed by atoms with E-state index in [-0.39, 0.29) is 36.2 Å². The summed E-state index contributed by atoms with van der Waals surface area (Å²) < 4.78 is 0. The van der Waals surface area contributed by atoms with Gasteiger partial charge in [-0.05, 0) is 46.7 Å². The van der Waals surface area contributed by atoms with Gasteiger partial charge in [0.05, 0.1) is 6.54 Å². The van der Waals surface area contributed by atoms with Crippen LogP contribution in [0.5, 0.6) is 0 Å². The smallest absolute Gasteiger partial charge is 0.266 e. The fraction of sp³-hybridized carbons (Fsp3) is 0.156. The predicted molar refractivity (Wildman–Crippen MR) is 148 cm³/mol. The molecule has 6 nitrogen and oxygen atoms in total. The Kier molecular flexibility index (Phi) is 6.00. The average molecular weight is 501 g/mol. The molecule has 1 aliphatic carbocycles. The lowest BCUT2D eigenvalue weighted by Crippen LogP contribution is -2.43. The van der Waals surface area contributed by atoms with E-state index in [1.165, 1.54) is 10.5 Å². The van der Waals surface area contributed by atoms with Gasteiger partial charge in [-0.3, -0.25) is 14.5 Å². The first-order valence-electron chi connectivity index (χ1n) is 12.8. The van der Waals surface area contributed by atoms with E-state index in [1.807, 2.05) is 103 Å². The van der Waals surface area contributed by atoms with Gasteiger partial charge < -0.3 is 11.1 Å². The van der Waals surface area contributed by atoms with Gasteiger partial charge in [-0.15, -0.1) is 0 Å². The molecule has 0 radical (unpaired) electrons. The second-order valence-electron chi connectivity index (χ2n) is 9.85. The van der Waals surface area contributed by atoms with Crippen molar-refractivity contribution in [2.24, 2.45) is 16.6 Å². The molecule has 188 valence electrons. The molecular formula is C32H28N4O2. The summed E-state index contributed by atoms with van der Waals surface area (Å²) in [6.45, 7) is 0.245. The maximum absolute atomic E-state index is 14.0. The molecule has 4 aromatic carbocycles. The monoisotopic (exact) mass is 500 g/mol. The first kappa shape index (κ1) is 23.7. The van der Waals surface area contributed by atoms with Crippen molar-refractivity contribution >= 4 is 23.5 Å². The average Bonchev–Trinajstić information content (AvgIpc) is 3.73. The molecule has 6 rings (SSSR count). The maximum atomic E-state index is 14.0. The summed E-state index contributed by atoms with van der Waals surface area (Å²) in [7, 11) is 0. The van der Waals surface area contributed by atoms with E-state index in [2.05, 4.69) is 17.4 Å². The van der Waals surface area contributed by atoms with E-state index in [9.17, 15) is 9.59 Å². The first-order chi connectivity index (χ1) is 18.6. The number of nitrogens with two attached hydrogens (primary N) is 1. The third-order valence-electron chi connectivity index (χ3n) is 7.39. The van der Waals surface area contributed by atoms with Crippen molar-refractivity contribution in [3.05, 3.63) is 138 Å². The molecule has 0 spiro atoms. The van der Waals surface area contributed by atoms with Crippen molar-refractivity contribution in [2.45, 2.75) is 24.4 Å². The van der Waals surface area contributed by atoms with E-state index in [4.69, 9.17) is 10.7 Å². The predicted octanol–water partition coefficient (Wildman–Crippen LogP) is 5.03. The van der Waals surface area contributed by atoms with Crippen molar-refractivity contribution in [2.75, 3.05) is 5.32 Å². The number of nitrogens with zero attached hydrogens (tertiary/aromatic N) is 2. The Balaban J connectivity index is 1.21. The topological polar surface area (TPSA) is 87.8 Å². The highest BCUT2D eigenvalue weighted by Gasteiger charge is 2.50. The van der Waals surface area contributed by atoms with E-state index in [0.717, 1.165) is 23.1 Å². The lowest BCUT2D eigenvalue weighted by molar-refractivity contribution is -0.130. The molecular weight excluding hydrogens is 472 g/mol. The largest absolute Gasteiger partial charge is 0.369 e. The van der Waals surface area contributed by atoms with Crippen molar-refractivity contribution in [3.63, 3.8) is 0 Å². The Hall–Kier alpha value is -4.71. The van der Waals surface area contributed by atoms with Crippen LogP contribution < -0.4 is 11.1 Å². The van der Waals surface area contributed by atoms with E-state index < -0.39 is 5.54 Å². The minimum atomic E-state index is -1.24. The van der Waals surface area contributed by atoms with Crippen LogP contribution in [0.3, 0.4) is 0 Å². The third kappa shape index (κ3) is 4.24. The zero-order valence-electron chi connectivity index (χ0n) is 20.8. The quantitative estimate of drug-likeness (QED) is 0.373. The molecule has 0 aromatic heterocycles. The van der Waals surface area contributed by atoms with Crippen LogP contribution in [0.1, 0.15) is 34.6 Å². The van der Waals surface area contributed by atoms with Gasteiger partial charge >= 0.3 is 0 Å². The SMILES string of the molecule is NC1=NC(c2ccccc2)(c2ccccc2)C(=O)N1Cc1cccc(NC(=O)C2C[C@H]2c2ccccc2)c1. The fourth-order valence-corrected chi connectivity index (χ4v) is 5.35. The molecule has 2 amide bonds. The number of aliphatic imine (C=N–C) groups is 1. The molecule has 1 fully saturated rings. The van der Waals surface area contributed by atoms with Gasteiger partial charge in [0.15, 0.2) is 11.5 Å². The number of nitrogens with one attached hydrogen (secondary N) is 1. The third-order valence-corrected chi connectivity index (χ3v) is 7.39. The van der Waals surface area contributed by atoms with Crippen LogP contribution in [-0.2, 0) is 21.7 Å². The van der Waals surface area contributed by atoms with E-state index in [0.29, 0.717) is 5.69 Å². The molecule has 3 N–H and O–H groups in total. The van der Waals surface area contributed by atoms with Crippen LogP contribution in [-0.4, -0.2) is 22.7 Å². The summed E-state index contributed by atoms with van der Waals surface area (Å²) in [5.41, 5.74) is 9.43. The molecule has 2 aliphatic rings. The van der Waals surface area contributed by atoms with Crippen molar-refractivity contribution < 1.29 is 9.59 Å². The number of guanidine groups is 1. The summed E-state index contributed by atoms with van der Waals surface area (Å²) in [6, 6.07) is 36.7. The van der Waals surface area contributed by atoms with E-state index in [1.54, 1.807) is 0 Å². The Morgan fingerprint density at radius 3 is 2.11 bits per heavy atom. The first-order valence-corrected chi connectivity index (χ1v) is 12.8. The Labute approximate surface area is 221 Å². The van der Waals surface area contributed by atoms with Gasteiger partial charge in [-0.2, -0.15) is 0 Å². The normalized spacial score (nSPS) is 19.6. The standard InChI is InChI=1S/C32H28N4O2/c33-31-35-32(24-14-6-2-7-15-24,25-16-8-3-9-17-25)30(38)36(31)21-22-11-10-18-26(19-22)34-29(37)28-20-27(28)23-12-4-1-5-13-23/h1-19,27-28H,20-21H2,(H2,33,35)(H,34,37)/t27-,28?/m0/s1. The molecule has 0 saturated heterocycles. The number of rotatable bonds is 7. The number of hydrogen-bond donors (Lipinski definition) is 2. The molecule has 0 bridgehead atoms. The van der Waals surface area contributed by atoms with Gasteiger partial charge in [-0.25, -0.2) is 4.99 Å². The highest BCUT2D eigenvalue weighted by molar-refractivity contribution is 6.09. The van der Waals surface area contributed by atoms with Gasteiger partial charge in [0, 0.05) is 11.6 Å². The summed E-state index contributed by atoms with van der Waals surface area (Å²) in [5.74, 6) is 0.218. The van der Waals surface area contributed by atoms with Crippen molar-refractivity contribution in [1.29, 1.82) is 0 Å². The van der Waals surface area contributed by atoms with Crippen LogP contribution in [0.15, 0.2) is 120 Å². The van der Waals surface area contributed by atoms with Gasteiger partial charge in [0.1, 0.15) is 0 Å². The van der Waals surface area contributed by atoms with Gasteiger partial charge in [0.25, 0.3) is 5.91 Å². The van der Waals surface area contributed by atoms with Gasteiger partial charge in [0.2, 0.25) is 5.91 Å². The zero-order valence-corrected chi connectivity index (χ0v) is 20.8. The molecule has 6 heteroatoms. The molecule has 1 unspecified atom stereocenters. The molecule has 4 aromatic rings. The minimum Gasteiger partial charge on any atom is -0.369 e. The summed E-state index contributed by atoms with van der Waals surface area (Å²) in [5, 5.41) is 3.06. The fourth-order valence-electron chi connectivity index (χ4n) is 5.35. The molecule has 2 atom stereocenters. The Bertz CT molecular complexity index is 1460. The molecule has 1 saturated carbocycles. The number of benzene rings is 4. The number of amides is 2. The zero-order chi connectivity index (χ0) is 26.1. The summed E-state index contributed by atoms with van der Waals surface area (Å²) in [6.07, 6.45) is 0.853. The van der Waals surface area contributed by atoms with Gasteiger partial charge in [-0.1, -0.05) is 103 Å². The number of carbonyl (C=O) groups is 2. The lowest BCUT2D eigenvalue weighted by Gasteiger charge is -2.27. The van der Waals surface area contributed by atoms with E-state index >= 15 is 0 Å². The number of anilines is 1. The Morgan fingerprint density at radius 1 is 0.868 bits per heavy atom. The van der Waals surface area contributed by atoms with Crippen LogP contribution >= 0.6 is 0 Å². The van der Waals surface area contributed by atoms with Crippen molar-refractivity contribution in [3.8, 4) is 0 Å². The molecule has 38 heavy (non-hydrogen) atoms. The summed E-state index contributed by atoms with van der Waals surface area (Å²) in [4.78, 5) is 33.2. The van der Waals surface area contributed by atoms with Crippen LogP contribution in [0.4, 0.5) is 5.69 Å². The second kappa shape index (κ2) is 9.63. The maximum Gasteiger partial charge on any atom is 0.266 e. The highest BCUT2D eigenvalue weighted by Crippen LogP contribution is 2.48. The van der Waals surface area contributed by atoms with Crippen LogP contribution in [0.25, 0.3) is 0 Å². The van der Waals surface area contributed by atoms with Crippen molar-refractivity contribution in [1.82, 2.24) is 4.90 Å². The second-order valence-corrected chi connectivity index (χ2v) is 9.85. The highest BCUT2D eigenvalue weighted by atomic mass is 16.2. The number of hydrogen-bond acceptors (Lipinski definition) is 4. The lowest BCUT2D eigenvalue weighted by atomic mass is 9.83. The molecule has 1 heterocycles. The minimum absolute atomic E-state index is 0.0153. The number of carbonyl (C=O) groups excluding carboxylic acids is 2. The summed E-state index contributed by atoms with van der Waals surface area (Å²) >= 11 is 0. The molecule has 1 aliphatic heterocycles. The van der Waals surface area contributed by atoms with Crippen LogP contribution in [0, 0.1) is 5.92 Å². The Morgan fingerprint density at radius 2 is 1.47 bits per heavy atom. The van der Waals surface area contributed by atoms with Crippen LogP contribution in [0.2, 0.25) is 0 Å².